The standard InChI is InChI=1S/C37H37FN4O4/c1-3-33(43)41-21-28(22-41)42-20-26(9-12-34(42)44)37-35(31-11-10-27(38)18-32(31)46-16-15-45-2)29-5-4-6-30(29)36(40-37)24-7-8-25-19-39-14-13-23(25)17-24/h3,7-12,17-18,20,28,39H,1,4-6,13-16,19,21-22H2,2H3. The minimum atomic E-state index is -0.389. The van der Waals surface area contributed by atoms with Crippen LogP contribution >= 0.6 is 0 Å². The third-order valence-electron chi connectivity index (χ3n) is 9.34. The van der Waals surface area contributed by atoms with E-state index in [9.17, 15) is 14.0 Å². The van der Waals surface area contributed by atoms with Crippen molar-refractivity contribution >= 4 is 5.91 Å². The molecular weight excluding hydrogens is 583 g/mol. The summed E-state index contributed by atoms with van der Waals surface area (Å²) in [7, 11) is 1.60. The first-order valence-electron chi connectivity index (χ1n) is 15.9. The molecule has 1 N–H and O–H groups in total. The van der Waals surface area contributed by atoms with Crippen LogP contribution in [0, 0.1) is 5.82 Å². The summed E-state index contributed by atoms with van der Waals surface area (Å²) in [6.45, 7) is 6.89. The molecule has 7 rings (SSSR count). The van der Waals surface area contributed by atoms with Crippen LogP contribution in [-0.2, 0) is 35.3 Å². The number of carbonyl (C=O) groups excluding carboxylic acids is 1. The number of ether oxygens (including phenoxy) is 2. The van der Waals surface area contributed by atoms with Crippen LogP contribution in [0.3, 0.4) is 0 Å². The van der Waals surface area contributed by atoms with E-state index >= 15 is 0 Å². The molecule has 0 unspecified atom stereocenters. The molecule has 0 saturated carbocycles. The van der Waals surface area contributed by atoms with Gasteiger partial charge in [-0.25, -0.2) is 9.37 Å². The summed E-state index contributed by atoms with van der Waals surface area (Å²) in [5, 5.41) is 3.45. The number of nitrogens with zero attached hydrogens (tertiary/aromatic N) is 3. The largest absolute Gasteiger partial charge is 0.490 e. The van der Waals surface area contributed by atoms with Crippen molar-refractivity contribution in [2.24, 2.45) is 0 Å². The van der Waals surface area contributed by atoms with Gasteiger partial charge in [-0.05, 0) is 84.8 Å². The van der Waals surface area contributed by atoms with E-state index in [0.717, 1.165) is 66.7 Å². The number of fused-ring (bicyclic) bond motifs is 2. The molecule has 1 aliphatic carbocycles. The zero-order chi connectivity index (χ0) is 31.8. The Morgan fingerprint density at radius 2 is 1.85 bits per heavy atom. The number of amides is 1. The lowest BCUT2D eigenvalue weighted by Gasteiger charge is -2.39. The molecule has 9 heteroatoms. The van der Waals surface area contributed by atoms with Crippen LogP contribution < -0.4 is 15.6 Å². The molecule has 0 radical (unpaired) electrons. The van der Waals surface area contributed by atoms with Gasteiger partial charge in [-0.1, -0.05) is 18.7 Å². The molecule has 46 heavy (non-hydrogen) atoms. The van der Waals surface area contributed by atoms with Gasteiger partial charge in [0.05, 0.1) is 24.0 Å². The normalized spacial score (nSPS) is 15.7. The van der Waals surface area contributed by atoms with Crippen molar-refractivity contribution in [1.82, 2.24) is 19.8 Å². The van der Waals surface area contributed by atoms with E-state index in [0.29, 0.717) is 31.1 Å². The third kappa shape index (κ3) is 5.54. The number of hydrogen-bond acceptors (Lipinski definition) is 6. The number of aromatic nitrogens is 2. The van der Waals surface area contributed by atoms with Gasteiger partial charge in [0, 0.05) is 67.3 Å². The maximum absolute atomic E-state index is 14.6. The third-order valence-corrected chi connectivity index (χ3v) is 9.34. The van der Waals surface area contributed by atoms with Crippen molar-refractivity contribution < 1.29 is 18.7 Å². The topological polar surface area (TPSA) is 85.7 Å². The molecule has 236 valence electrons. The van der Waals surface area contributed by atoms with Gasteiger partial charge in [0.25, 0.3) is 5.56 Å². The predicted octanol–water partition coefficient (Wildman–Crippen LogP) is 5.11. The van der Waals surface area contributed by atoms with Crippen molar-refractivity contribution in [3.05, 3.63) is 106 Å². The van der Waals surface area contributed by atoms with Crippen LogP contribution in [-0.4, -0.2) is 60.3 Å². The Balaban J connectivity index is 1.42. The Bertz CT molecular complexity index is 1900. The van der Waals surface area contributed by atoms with Crippen LogP contribution in [0.2, 0.25) is 0 Å². The maximum Gasteiger partial charge on any atom is 0.250 e. The van der Waals surface area contributed by atoms with Gasteiger partial charge in [-0.2, -0.15) is 0 Å². The lowest BCUT2D eigenvalue weighted by atomic mass is 9.89. The second-order valence-corrected chi connectivity index (χ2v) is 12.2. The number of benzene rings is 2. The summed E-state index contributed by atoms with van der Waals surface area (Å²) >= 11 is 0. The molecule has 2 aromatic carbocycles. The lowest BCUT2D eigenvalue weighted by Crippen LogP contribution is -2.52. The van der Waals surface area contributed by atoms with Crippen molar-refractivity contribution in [2.45, 2.75) is 38.3 Å². The summed E-state index contributed by atoms with van der Waals surface area (Å²) < 4.78 is 27.6. The number of nitrogens with one attached hydrogen (secondary N) is 1. The highest BCUT2D eigenvalue weighted by Gasteiger charge is 2.32. The fourth-order valence-corrected chi connectivity index (χ4v) is 6.95. The van der Waals surface area contributed by atoms with E-state index < -0.39 is 0 Å². The van der Waals surface area contributed by atoms with Crippen LogP contribution in [0.4, 0.5) is 4.39 Å². The molecule has 0 spiro atoms. The van der Waals surface area contributed by atoms with Gasteiger partial charge in [-0.3, -0.25) is 9.59 Å². The summed E-state index contributed by atoms with van der Waals surface area (Å²) in [5.41, 5.74) is 10.0. The highest BCUT2D eigenvalue weighted by Crippen LogP contribution is 2.46. The number of carbonyl (C=O) groups is 1. The SMILES string of the molecule is C=CC(=O)N1CC(n2cc(-c3nc(-c4ccc5c(c4)CCNC5)c4c(c3-c3ccc(F)cc3OCCOC)CCC4)ccc2=O)C1. The van der Waals surface area contributed by atoms with Crippen molar-refractivity contribution in [2.75, 3.05) is 40.0 Å². The van der Waals surface area contributed by atoms with Crippen molar-refractivity contribution in [3.63, 3.8) is 0 Å². The molecule has 0 atom stereocenters. The van der Waals surface area contributed by atoms with E-state index in [1.807, 2.05) is 12.3 Å². The lowest BCUT2D eigenvalue weighted by molar-refractivity contribution is -0.131. The first-order valence-corrected chi connectivity index (χ1v) is 15.9. The molecule has 1 fully saturated rings. The zero-order valence-electron chi connectivity index (χ0n) is 26.0. The number of hydrogen-bond donors (Lipinski definition) is 1. The van der Waals surface area contributed by atoms with Crippen molar-refractivity contribution in [3.8, 4) is 39.4 Å². The van der Waals surface area contributed by atoms with Gasteiger partial charge in [0.1, 0.15) is 18.2 Å². The molecule has 1 saturated heterocycles. The Hall–Kier alpha value is -4.60. The molecular formula is C37H37FN4O4. The molecule has 1 amide bonds. The highest BCUT2D eigenvalue weighted by molar-refractivity contribution is 5.90. The first-order chi connectivity index (χ1) is 22.4. The van der Waals surface area contributed by atoms with E-state index in [1.54, 1.807) is 28.7 Å². The average molecular weight is 621 g/mol. The van der Waals surface area contributed by atoms with Crippen LogP contribution in [0.1, 0.15) is 34.7 Å². The van der Waals surface area contributed by atoms with Crippen LogP contribution in [0.25, 0.3) is 33.6 Å². The Labute approximate surface area is 267 Å². The minimum absolute atomic E-state index is 0.143. The Morgan fingerprint density at radius 1 is 1.02 bits per heavy atom. The van der Waals surface area contributed by atoms with Gasteiger partial charge in [0.15, 0.2) is 0 Å². The molecule has 2 aromatic heterocycles. The van der Waals surface area contributed by atoms with Gasteiger partial charge < -0.3 is 24.3 Å². The zero-order valence-corrected chi connectivity index (χ0v) is 26.0. The second-order valence-electron chi connectivity index (χ2n) is 12.2. The van der Waals surface area contributed by atoms with Crippen LogP contribution in [0.5, 0.6) is 5.75 Å². The van der Waals surface area contributed by atoms with E-state index in [2.05, 4.69) is 30.1 Å². The number of likely N-dealkylation sites (tertiary alicyclic amines) is 1. The van der Waals surface area contributed by atoms with Gasteiger partial charge >= 0.3 is 0 Å². The first kappa shape index (κ1) is 30.1. The van der Waals surface area contributed by atoms with E-state index in [1.165, 1.54) is 40.5 Å². The molecule has 2 aliphatic heterocycles. The number of rotatable bonds is 9. The summed E-state index contributed by atoms with van der Waals surface area (Å²) in [5.74, 6) is -0.111. The Kier molecular flexibility index (Phi) is 8.27. The number of halogens is 1. The quantitative estimate of drug-likeness (QED) is 0.207. The van der Waals surface area contributed by atoms with Gasteiger partial charge in [-0.15, -0.1) is 0 Å². The smallest absolute Gasteiger partial charge is 0.250 e. The molecule has 3 aliphatic rings. The molecule has 4 aromatic rings. The monoisotopic (exact) mass is 620 g/mol. The fraction of sp³-hybridized carbons (Fsp3) is 0.324. The highest BCUT2D eigenvalue weighted by atomic mass is 19.1. The summed E-state index contributed by atoms with van der Waals surface area (Å²) in [4.78, 5) is 32.3. The van der Waals surface area contributed by atoms with Crippen LogP contribution in [0.15, 0.2) is 72.2 Å². The number of methoxy groups -OCH3 is 1. The summed E-state index contributed by atoms with van der Waals surface area (Å²) in [6.07, 6.45) is 6.82. The molecule has 0 bridgehead atoms. The van der Waals surface area contributed by atoms with Gasteiger partial charge in [0.2, 0.25) is 5.91 Å². The summed E-state index contributed by atoms with van der Waals surface area (Å²) in [6, 6.07) is 14.5. The molecule has 8 nitrogen and oxygen atoms in total. The average Bonchev–Trinajstić information content (AvgIpc) is 3.54. The predicted molar refractivity (Wildman–Crippen MR) is 175 cm³/mol. The Morgan fingerprint density at radius 3 is 2.67 bits per heavy atom. The fourth-order valence-electron chi connectivity index (χ4n) is 6.95. The number of pyridine rings is 2. The maximum atomic E-state index is 14.6. The second kappa shape index (κ2) is 12.7. The van der Waals surface area contributed by atoms with Crippen molar-refractivity contribution in [1.29, 1.82) is 0 Å². The van der Waals surface area contributed by atoms with E-state index in [4.69, 9.17) is 14.5 Å². The molecule has 4 heterocycles. The minimum Gasteiger partial charge on any atom is -0.490 e. The van der Waals surface area contributed by atoms with E-state index in [-0.39, 0.29) is 29.9 Å².